The van der Waals surface area contributed by atoms with E-state index in [1.165, 1.54) is 22.9 Å². The van der Waals surface area contributed by atoms with Crippen molar-refractivity contribution in [1.29, 1.82) is 0 Å². The maximum Gasteiger partial charge on any atom is 0.266 e. The molecule has 0 saturated carbocycles. The average molecular weight is 378 g/mol. The van der Waals surface area contributed by atoms with Crippen LogP contribution in [-0.2, 0) is 16.4 Å². The fraction of sp³-hybridized carbons (Fsp3) is 0.176. The van der Waals surface area contributed by atoms with Gasteiger partial charge in [0.2, 0.25) is 0 Å². The van der Waals surface area contributed by atoms with Crippen molar-refractivity contribution in [3.63, 3.8) is 0 Å². The number of hydrogen-bond donors (Lipinski definition) is 0. The Labute approximate surface area is 150 Å². The lowest BCUT2D eigenvalue weighted by Crippen LogP contribution is -2.23. The second-order valence-electron chi connectivity index (χ2n) is 5.44. The molecule has 1 aromatic carbocycles. The molecule has 0 radical (unpaired) electrons. The standard InChI is InChI=1S/C17H16ClN3O3S/c18-14-5-7-15(8-6-14)25(23,24)13-3-11-21-17(22)9-12-20(21)16-4-1-2-10-19-16/h1-2,4-10,12H,3,11,13H2. The molecule has 0 unspecified atom stereocenters. The van der Waals surface area contributed by atoms with E-state index in [0.29, 0.717) is 17.3 Å². The number of halogens is 1. The van der Waals surface area contributed by atoms with Gasteiger partial charge < -0.3 is 0 Å². The SMILES string of the molecule is O=c1ccn(-c2ccccn2)n1CCCS(=O)(=O)c1ccc(Cl)cc1. The Morgan fingerprint density at radius 1 is 1.04 bits per heavy atom. The second-order valence-corrected chi connectivity index (χ2v) is 7.98. The minimum Gasteiger partial charge on any atom is -0.268 e. The molecule has 0 fully saturated rings. The average Bonchev–Trinajstić information content (AvgIpc) is 2.97. The second kappa shape index (κ2) is 7.25. The van der Waals surface area contributed by atoms with Gasteiger partial charge in [0.25, 0.3) is 5.56 Å². The summed E-state index contributed by atoms with van der Waals surface area (Å²) in [7, 11) is -3.42. The highest BCUT2D eigenvalue weighted by Gasteiger charge is 2.15. The molecule has 0 aliphatic heterocycles. The Bertz CT molecular complexity index is 1010. The molecule has 130 valence electrons. The van der Waals surface area contributed by atoms with Crippen LogP contribution in [0, 0.1) is 0 Å². The van der Waals surface area contributed by atoms with Gasteiger partial charge in [-0.25, -0.2) is 22.8 Å². The number of sulfone groups is 1. The Hall–Kier alpha value is -2.38. The van der Waals surface area contributed by atoms with Gasteiger partial charge >= 0.3 is 0 Å². The quantitative estimate of drug-likeness (QED) is 0.661. The van der Waals surface area contributed by atoms with E-state index in [0.717, 1.165) is 0 Å². The van der Waals surface area contributed by atoms with E-state index in [2.05, 4.69) is 4.98 Å². The van der Waals surface area contributed by atoms with Crippen molar-refractivity contribution < 1.29 is 8.42 Å². The van der Waals surface area contributed by atoms with Gasteiger partial charge in [-0.3, -0.25) is 4.79 Å². The summed E-state index contributed by atoms with van der Waals surface area (Å²) in [6, 6.07) is 12.9. The Balaban J connectivity index is 1.74. The molecular weight excluding hydrogens is 362 g/mol. The Kier molecular flexibility index (Phi) is 5.06. The Morgan fingerprint density at radius 2 is 1.80 bits per heavy atom. The van der Waals surface area contributed by atoms with Crippen LogP contribution in [0.3, 0.4) is 0 Å². The number of nitrogens with zero attached hydrogens (tertiary/aromatic N) is 3. The van der Waals surface area contributed by atoms with Crippen molar-refractivity contribution in [3.8, 4) is 5.82 Å². The lowest BCUT2D eigenvalue weighted by Gasteiger charge is -2.11. The maximum absolute atomic E-state index is 12.4. The van der Waals surface area contributed by atoms with E-state index in [1.807, 2.05) is 6.07 Å². The summed E-state index contributed by atoms with van der Waals surface area (Å²) in [6.45, 7) is 0.273. The zero-order valence-corrected chi connectivity index (χ0v) is 14.8. The van der Waals surface area contributed by atoms with E-state index in [1.54, 1.807) is 41.3 Å². The lowest BCUT2D eigenvalue weighted by molar-refractivity contribution is 0.518. The van der Waals surface area contributed by atoms with Gasteiger partial charge in [0.15, 0.2) is 15.7 Å². The summed E-state index contributed by atoms with van der Waals surface area (Å²) in [5.74, 6) is 0.541. The number of pyridine rings is 1. The number of aromatic nitrogens is 3. The van der Waals surface area contributed by atoms with Crippen LogP contribution >= 0.6 is 11.6 Å². The molecular formula is C17H16ClN3O3S. The molecule has 8 heteroatoms. The predicted molar refractivity (Wildman–Crippen MR) is 95.9 cm³/mol. The molecule has 0 spiro atoms. The topological polar surface area (TPSA) is 74.0 Å². The highest BCUT2D eigenvalue weighted by Crippen LogP contribution is 2.16. The third-order valence-electron chi connectivity index (χ3n) is 3.71. The maximum atomic E-state index is 12.4. The minimum atomic E-state index is -3.42. The van der Waals surface area contributed by atoms with Crippen LogP contribution in [0.1, 0.15) is 6.42 Å². The minimum absolute atomic E-state index is 0.0610. The summed E-state index contributed by atoms with van der Waals surface area (Å²) in [5.41, 5.74) is -0.199. The van der Waals surface area contributed by atoms with Crippen LogP contribution in [0.4, 0.5) is 0 Å². The van der Waals surface area contributed by atoms with E-state index in [-0.39, 0.29) is 22.8 Å². The van der Waals surface area contributed by atoms with Gasteiger partial charge in [0.05, 0.1) is 10.6 Å². The highest BCUT2D eigenvalue weighted by molar-refractivity contribution is 7.91. The predicted octanol–water partition coefficient (Wildman–Crippen LogP) is 2.55. The molecule has 0 aliphatic rings. The zero-order chi connectivity index (χ0) is 17.9. The van der Waals surface area contributed by atoms with Crippen LogP contribution in [0.2, 0.25) is 5.02 Å². The molecule has 3 aromatic rings. The first-order valence-corrected chi connectivity index (χ1v) is 9.68. The van der Waals surface area contributed by atoms with Gasteiger partial charge in [0, 0.05) is 30.0 Å². The molecule has 6 nitrogen and oxygen atoms in total. The number of benzene rings is 1. The third-order valence-corrected chi connectivity index (χ3v) is 5.78. The van der Waals surface area contributed by atoms with Gasteiger partial charge in [0.1, 0.15) is 0 Å². The molecule has 0 amide bonds. The van der Waals surface area contributed by atoms with Crippen LogP contribution in [-0.4, -0.2) is 28.5 Å². The van der Waals surface area contributed by atoms with E-state index in [9.17, 15) is 13.2 Å². The molecule has 0 atom stereocenters. The van der Waals surface area contributed by atoms with Gasteiger partial charge in [-0.1, -0.05) is 17.7 Å². The molecule has 2 aromatic heterocycles. The molecule has 0 bridgehead atoms. The van der Waals surface area contributed by atoms with Gasteiger partial charge in [-0.2, -0.15) is 0 Å². The highest BCUT2D eigenvalue weighted by atomic mass is 35.5. The van der Waals surface area contributed by atoms with Crippen molar-refractivity contribution >= 4 is 21.4 Å². The summed E-state index contributed by atoms with van der Waals surface area (Å²) in [6.07, 6.45) is 3.56. The third kappa shape index (κ3) is 4.00. The molecule has 25 heavy (non-hydrogen) atoms. The summed E-state index contributed by atoms with van der Waals surface area (Å²) in [5, 5.41) is 0.485. The van der Waals surface area contributed by atoms with Crippen molar-refractivity contribution in [2.24, 2.45) is 0 Å². The van der Waals surface area contributed by atoms with E-state index in [4.69, 9.17) is 11.6 Å². The van der Waals surface area contributed by atoms with E-state index < -0.39 is 9.84 Å². The largest absolute Gasteiger partial charge is 0.268 e. The molecule has 0 N–H and O–H groups in total. The first-order chi connectivity index (χ1) is 12.0. The van der Waals surface area contributed by atoms with Gasteiger partial charge in [-0.05, 0) is 42.8 Å². The van der Waals surface area contributed by atoms with Crippen molar-refractivity contribution in [2.45, 2.75) is 17.9 Å². The number of hydrogen-bond acceptors (Lipinski definition) is 4. The fourth-order valence-corrected chi connectivity index (χ4v) is 3.90. The van der Waals surface area contributed by atoms with Crippen molar-refractivity contribution in [3.05, 3.63) is 76.3 Å². The normalized spacial score (nSPS) is 11.6. The lowest BCUT2D eigenvalue weighted by atomic mass is 10.4. The smallest absolute Gasteiger partial charge is 0.266 e. The van der Waals surface area contributed by atoms with E-state index >= 15 is 0 Å². The van der Waals surface area contributed by atoms with Crippen LogP contribution in [0.5, 0.6) is 0 Å². The zero-order valence-electron chi connectivity index (χ0n) is 13.2. The fourth-order valence-electron chi connectivity index (χ4n) is 2.48. The van der Waals surface area contributed by atoms with Crippen LogP contribution < -0.4 is 5.56 Å². The number of rotatable bonds is 6. The molecule has 0 aliphatic carbocycles. The van der Waals surface area contributed by atoms with Crippen LogP contribution in [0.25, 0.3) is 5.82 Å². The summed E-state index contributed by atoms with van der Waals surface area (Å²) < 4.78 is 27.8. The van der Waals surface area contributed by atoms with Gasteiger partial charge in [-0.15, -0.1) is 0 Å². The molecule has 2 heterocycles. The first-order valence-electron chi connectivity index (χ1n) is 7.65. The summed E-state index contributed by atoms with van der Waals surface area (Å²) >= 11 is 5.79. The Morgan fingerprint density at radius 3 is 2.48 bits per heavy atom. The molecule has 3 rings (SSSR count). The molecule has 0 saturated heterocycles. The first kappa shape index (κ1) is 17.4. The van der Waals surface area contributed by atoms with Crippen molar-refractivity contribution in [2.75, 3.05) is 5.75 Å². The van der Waals surface area contributed by atoms with Crippen LogP contribution in [0.15, 0.2) is 70.6 Å². The monoisotopic (exact) mass is 377 g/mol. The van der Waals surface area contributed by atoms with Crippen molar-refractivity contribution in [1.82, 2.24) is 14.3 Å². The summed E-state index contributed by atoms with van der Waals surface area (Å²) in [4.78, 5) is 16.5.